The van der Waals surface area contributed by atoms with Gasteiger partial charge in [-0.2, -0.15) is 0 Å². The van der Waals surface area contributed by atoms with Crippen LogP contribution in [0.25, 0.3) is 10.8 Å². The number of aryl methyl sites for hydroxylation is 2. The smallest absolute Gasteiger partial charge is 0.0606 e. The van der Waals surface area contributed by atoms with Crippen LogP contribution in [0.5, 0.6) is 0 Å². The lowest BCUT2D eigenvalue weighted by Gasteiger charge is -2.13. The number of hydrogen-bond donors (Lipinski definition) is 1. The lowest BCUT2D eigenvalue weighted by molar-refractivity contribution is 0.405. The summed E-state index contributed by atoms with van der Waals surface area (Å²) in [6, 6.07) is 4.44. The summed E-state index contributed by atoms with van der Waals surface area (Å²) in [7, 11) is 4.21. The second-order valence-electron chi connectivity index (χ2n) is 5.45. The fraction of sp³-hybridized carbons (Fsp3) is 0.438. The van der Waals surface area contributed by atoms with Gasteiger partial charge in [0.1, 0.15) is 0 Å². The monoisotopic (exact) mass is 257 g/mol. The summed E-state index contributed by atoms with van der Waals surface area (Å²) in [5, 5.41) is 6.02. The van der Waals surface area contributed by atoms with Gasteiger partial charge >= 0.3 is 0 Å². The second kappa shape index (κ2) is 6.02. The first-order valence-electron chi connectivity index (χ1n) is 6.81. The maximum atomic E-state index is 4.34. The molecule has 2 aromatic rings. The Morgan fingerprint density at radius 3 is 2.63 bits per heavy atom. The van der Waals surface area contributed by atoms with Crippen LogP contribution in [-0.2, 0) is 0 Å². The highest BCUT2D eigenvalue weighted by Crippen LogP contribution is 2.26. The van der Waals surface area contributed by atoms with Gasteiger partial charge in [-0.15, -0.1) is 0 Å². The number of anilines is 1. The van der Waals surface area contributed by atoms with E-state index >= 15 is 0 Å². The Morgan fingerprint density at radius 2 is 1.89 bits per heavy atom. The molecule has 0 unspecified atom stereocenters. The summed E-state index contributed by atoms with van der Waals surface area (Å²) < 4.78 is 0. The van der Waals surface area contributed by atoms with E-state index in [0.29, 0.717) is 0 Å². The Labute approximate surface area is 115 Å². The minimum absolute atomic E-state index is 0.978. The van der Waals surface area contributed by atoms with E-state index < -0.39 is 0 Å². The molecule has 0 radical (unpaired) electrons. The summed E-state index contributed by atoms with van der Waals surface area (Å²) in [6.07, 6.45) is 5.01. The highest BCUT2D eigenvalue weighted by atomic mass is 15.1. The van der Waals surface area contributed by atoms with Crippen molar-refractivity contribution in [2.24, 2.45) is 0 Å². The number of pyridine rings is 1. The van der Waals surface area contributed by atoms with E-state index in [1.54, 1.807) is 0 Å². The van der Waals surface area contributed by atoms with Crippen LogP contribution >= 0.6 is 0 Å². The van der Waals surface area contributed by atoms with Gasteiger partial charge in [-0.05, 0) is 52.5 Å². The molecule has 0 fully saturated rings. The van der Waals surface area contributed by atoms with Crippen LogP contribution in [-0.4, -0.2) is 37.1 Å². The first-order chi connectivity index (χ1) is 9.08. The Hall–Kier alpha value is -1.61. The molecule has 0 saturated heterocycles. The number of hydrogen-bond acceptors (Lipinski definition) is 3. The summed E-state index contributed by atoms with van der Waals surface area (Å²) in [6.45, 7) is 6.37. The average Bonchev–Trinajstić information content (AvgIpc) is 2.34. The zero-order chi connectivity index (χ0) is 13.8. The van der Waals surface area contributed by atoms with E-state index in [4.69, 9.17) is 0 Å². The zero-order valence-corrected chi connectivity index (χ0v) is 12.3. The number of nitrogens with zero attached hydrogens (tertiary/aromatic N) is 2. The van der Waals surface area contributed by atoms with Gasteiger partial charge in [0, 0.05) is 23.5 Å². The van der Waals surface area contributed by atoms with Crippen molar-refractivity contribution in [3.8, 4) is 0 Å². The molecule has 3 nitrogen and oxygen atoms in total. The molecule has 1 heterocycles. The summed E-state index contributed by atoms with van der Waals surface area (Å²) in [5.41, 5.74) is 3.73. The normalized spacial score (nSPS) is 11.2. The summed E-state index contributed by atoms with van der Waals surface area (Å²) in [4.78, 5) is 6.55. The van der Waals surface area contributed by atoms with E-state index in [9.17, 15) is 0 Å². The molecule has 1 N–H and O–H groups in total. The molecule has 0 aliphatic rings. The Balaban J connectivity index is 2.19. The van der Waals surface area contributed by atoms with Crippen molar-refractivity contribution in [1.82, 2.24) is 9.88 Å². The number of rotatable bonds is 5. The highest BCUT2D eigenvalue weighted by Gasteiger charge is 2.04. The van der Waals surface area contributed by atoms with Gasteiger partial charge < -0.3 is 10.2 Å². The van der Waals surface area contributed by atoms with Gasteiger partial charge in [0.25, 0.3) is 0 Å². The van der Waals surface area contributed by atoms with Crippen LogP contribution in [0.4, 0.5) is 5.69 Å². The molecule has 3 heteroatoms. The van der Waals surface area contributed by atoms with Gasteiger partial charge in [0.15, 0.2) is 0 Å². The van der Waals surface area contributed by atoms with Gasteiger partial charge in [-0.3, -0.25) is 4.98 Å². The van der Waals surface area contributed by atoms with Crippen molar-refractivity contribution in [2.45, 2.75) is 20.3 Å². The molecule has 0 spiro atoms. The fourth-order valence-corrected chi connectivity index (χ4v) is 2.39. The quantitative estimate of drug-likeness (QED) is 0.834. The first-order valence-corrected chi connectivity index (χ1v) is 6.81. The van der Waals surface area contributed by atoms with Gasteiger partial charge in [0.2, 0.25) is 0 Å². The molecule has 0 aliphatic carbocycles. The third kappa shape index (κ3) is 3.44. The molecule has 0 atom stereocenters. The number of nitrogens with one attached hydrogen (secondary N) is 1. The number of benzene rings is 1. The highest BCUT2D eigenvalue weighted by molar-refractivity contribution is 5.95. The maximum absolute atomic E-state index is 4.34. The fourth-order valence-electron chi connectivity index (χ4n) is 2.39. The van der Waals surface area contributed by atoms with Crippen molar-refractivity contribution in [3.05, 3.63) is 35.7 Å². The largest absolute Gasteiger partial charge is 0.383 e. The van der Waals surface area contributed by atoms with Crippen molar-refractivity contribution in [1.29, 1.82) is 0 Å². The molecule has 0 bridgehead atoms. The molecular weight excluding hydrogens is 234 g/mol. The van der Waals surface area contributed by atoms with E-state index in [0.717, 1.165) is 25.2 Å². The standard InChI is InChI=1S/C16H23N3/c1-12-8-13(2)15-10-17-11-16(14(15)9-12)18-6-5-7-19(3)4/h8-11,18H,5-7H2,1-4H3. The van der Waals surface area contributed by atoms with Crippen LogP contribution in [0.2, 0.25) is 0 Å². The van der Waals surface area contributed by atoms with Gasteiger partial charge in [-0.1, -0.05) is 11.6 Å². The molecule has 2 rings (SSSR count). The Morgan fingerprint density at radius 1 is 1.11 bits per heavy atom. The third-order valence-electron chi connectivity index (χ3n) is 3.33. The van der Waals surface area contributed by atoms with Crippen LogP contribution < -0.4 is 5.32 Å². The minimum atomic E-state index is 0.978. The number of fused-ring (bicyclic) bond motifs is 1. The van der Waals surface area contributed by atoms with Crippen LogP contribution in [0.1, 0.15) is 17.5 Å². The minimum Gasteiger partial charge on any atom is -0.383 e. The van der Waals surface area contributed by atoms with Crippen LogP contribution in [0.3, 0.4) is 0 Å². The van der Waals surface area contributed by atoms with Crippen molar-refractivity contribution < 1.29 is 0 Å². The lowest BCUT2D eigenvalue weighted by Crippen LogP contribution is -2.16. The second-order valence-corrected chi connectivity index (χ2v) is 5.45. The molecule has 0 amide bonds. The zero-order valence-electron chi connectivity index (χ0n) is 12.3. The molecule has 1 aromatic carbocycles. The van der Waals surface area contributed by atoms with E-state index in [1.807, 2.05) is 12.4 Å². The molecule has 19 heavy (non-hydrogen) atoms. The van der Waals surface area contributed by atoms with Crippen molar-refractivity contribution in [3.63, 3.8) is 0 Å². The first kappa shape index (κ1) is 13.8. The summed E-state index contributed by atoms with van der Waals surface area (Å²) in [5.74, 6) is 0. The Kier molecular flexibility index (Phi) is 4.38. The SMILES string of the molecule is Cc1cc(C)c2cncc(NCCCN(C)C)c2c1. The topological polar surface area (TPSA) is 28.2 Å². The predicted octanol–water partition coefficient (Wildman–Crippen LogP) is 3.22. The van der Waals surface area contributed by atoms with Crippen LogP contribution in [0, 0.1) is 13.8 Å². The van der Waals surface area contributed by atoms with Gasteiger partial charge in [0.05, 0.1) is 11.9 Å². The molecule has 0 aliphatic heterocycles. The summed E-state index contributed by atoms with van der Waals surface area (Å²) >= 11 is 0. The molecule has 102 valence electrons. The molecule has 1 aromatic heterocycles. The maximum Gasteiger partial charge on any atom is 0.0606 e. The predicted molar refractivity (Wildman–Crippen MR) is 82.9 cm³/mol. The molecular formula is C16H23N3. The van der Waals surface area contributed by atoms with Gasteiger partial charge in [-0.25, -0.2) is 0 Å². The van der Waals surface area contributed by atoms with E-state index in [1.165, 1.54) is 21.9 Å². The number of aromatic nitrogens is 1. The third-order valence-corrected chi connectivity index (χ3v) is 3.33. The molecule has 0 saturated carbocycles. The van der Waals surface area contributed by atoms with Crippen molar-refractivity contribution in [2.75, 3.05) is 32.5 Å². The van der Waals surface area contributed by atoms with Crippen molar-refractivity contribution >= 4 is 16.5 Å². The van der Waals surface area contributed by atoms with E-state index in [2.05, 4.69) is 55.3 Å². The average molecular weight is 257 g/mol. The van der Waals surface area contributed by atoms with Crippen LogP contribution in [0.15, 0.2) is 24.5 Å². The lowest BCUT2D eigenvalue weighted by atomic mass is 10.0. The Bertz CT molecular complexity index is 561. The van der Waals surface area contributed by atoms with E-state index in [-0.39, 0.29) is 0 Å².